The second kappa shape index (κ2) is 5.76. The minimum atomic E-state index is -0.176. The molecule has 1 fully saturated rings. The van der Waals surface area contributed by atoms with Crippen molar-refractivity contribution >= 4 is 0 Å². The van der Waals surface area contributed by atoms with Crippen molar-refractivity contribution in [2.24, 2.45) is 0 Å². The zero-order valence-electron chi connectivity index (χ0n) is 11.8. The lowest BCUT2D eigenvalue weighted by atomic mass is 10.1. The average Bonchev–Trinajstić information content (AvgIpc) is 3.30. The molecule has 0 amide bonds. The van der Waals surface area contributed by atoms with E-state index in [0.717, 1.165) is 18.0 Å². The van der Waals surface area contributed by atoms with Crippen LogP contribution in [0.25, 0.3) is 0 Å². The van der Waals surface area contributed by atoms with E-state index in [-0.39, 0.29) is 11.9 Å². The Kier molecular flexibility index (Phi) is 3.83. The van der Waals surface area contributed by atoms with Gasteiger partial charge < -0.3 is 5.32 Å². The van der Waals surface area contributed by atoms with Crippen molar-refractivity contribution in [3.05, 3.63) is 71.0 Å². The van der Waals surface area contributed by atoms with Crippen molar-refractivity contribution < 1.29 is 4.39 Å². The molecular formula is C18H20FN. The first-order valence-corrected chi connectivity index (χ1v) is 7.30. The molecule has 0 heterocycles. The predicted molar refractivity (Wildman–Crippen MR) is 80.1 cm³/mol. The van der Waals surface area contributed by atoms with Gasteiger partial charge >= 0.3 is 0 Å². The molecule has 2 aromatic carbocycles. The summed E-state index contributed by atoms with van der Waals surface area (Å²) in [5, 5.41) is 3.44. The molecule has 0 aliphatic heterocycles. The molecule has 1 saturated carbocycles. The first kappa shape index (κ1) is 13.3. The molecule has 1 atom stereocenters. The fraction of sp³-hybridized carbons (Fsp3) is 0.333. The number of nitrogens with one attached hydrogen (secondary N) is 1. The third kappa shape index (κ3) is 3.26. The predicted octanol–water partition coefficient (Wildman–Crippen LogP) is 4.55. The molecule has 0 unspecified atom stereocenters. The van der Waals surface area contributed by atoms with Crippen molar-refractivity contribution in [3.8, 4) is 0 Å². The summed E-state index contributed by atoms with van der Waals surface area (Å²) < 4.78 is 13.2. The minimum Gasteiger partial charge on any atom is -0.306 e. The third-order valence-electron chi connectivity index (χ3n) is 3.99. The fourth-order valence-electron chi connectivity index (χ4n) is 2.49. The van der Waals surface area contributed by atoms with E-state index in [1.807, 2.05) is 6.07 Å². The molecular weight excluding hydrogens is 249 g/mol. The van der Waals surface area contributed by atoms with Crippen LogP contribution in [0.5, 0.6) is 0 Å². The van der Waals surface area contributed by atoms with Gasteiger partial charge in [-0.15, -0.1) is 0 Å². The molecule has 0 spiro atoms. The lowest BCUT2D eigenvalue weighted by Crippen LogP contribution is -2.18. The molecule has 1 N–H and O–H groups in total. The van der Waals surface area contributed by atoms with Crippen LogP contribution in [0, 0.1) is 5.82 Å². The Morgan fingerprint density at radius 3 is 2.55 bits per heavy atom. The molecule has 2 heteroatoms. The van der Waals surface area contributed by atoms with Gasteiger partial charge in [-0.3, -0.25) is 0 Å². The summed E-state index contributed by atoms with van der Waals surface area (Å²) in [7, 11) is 0. The molecule has 1 nitrogen and oxygen atoms in total. The fourth-order valence-corrected chi connectivity index (χ4v) is 2.49. The van der Waals surface area contributed by atoms with Crippen molar-refractivity contribution in [1.29, 1.82) is 0 Å². The Hall–Kier alpha value is -1.67. The molecule has 2 aromatic rings. The van der Waals surface area contributed by atoms with E-state index < -0.39 is 0 Å². The van der Waals surface area contributed by atoms with Gasteiger partial charge in [-0.05, 0) is 54.5 Å². The topological polar surface area (TPSA) is 12.0 Å². The van der Waals surface area contributed by atoms with E-state index in [9.17, 15) is 4.39 Å². The maximum absolute atomic E-state index is 13.2. The molecule has 104 valence electrons. The van der Waals surface area contributed by atoms with Crippen LogP contribution < -0.4 is 5.32 Å². The van der Waals surface area contributed by atoms with Crippen molar-refractivity contribution in [1.82, 2.24) is 5.32 Å². The van der Waals surface area contributed by atoms with Crippen LogP contribution in [0.4, 0.5) is 4.39 Å². The second-order valence-corrected chi connectivity index (χ2v) is 5.67. The van der Waals surface area contributed by atoms with Crippen molar-refractivity contribution in [2.75, 3.05) is 0 Å². The van der Waals surface area contributed by atoms with Crippen LogP contribution in [-0.4, -0.2) is 0 Å². The standard InChI is InChI=1S/C18H20FN/c1-13(17-3-2-4-18(19)11-17)20-12-14-5-7-15(8-6-14)16-9-10-16/h2-8,11,13,16,20H,9-10,12H2,1H3/t13-/m1/s1. The Bertz CT molecular complexity index is 572. The van der Waals surface area contributed by atoms with Gasteiger partial charge in [0.1, 0.15) is 5.82 Å². The SMILES string of the molecule is C[C@@H](NCc1ccc(C2CC2)cc1)c1cccc(F)c1. The summed E-state index contributed by atoms with van der Waals surface area (Å²) in [6.45, 7) is 2.87. The summed E-state index contributed by atoms with van der Waals surface area (Å²) in [6.07, 6.45) is 2.68. The largest absolute Gasteiger partial charge is 0.306 e. The van der Waals surface area contributed by atoms with E-state index in [4.69, 9.17) is 0 Å². The maximum atomic E-state index is 13.2. The molecule has 3 rings (SSSR count). The Morgan fingerprint density at radius 1 is 1.15 bits per heavy atom. The lowest BCUT2D eigenvalue weighted by Gasteiger charge is -2.14. The quantitative estimate of drug-likeness (QED) is 0.839. The second-order valence-electron chi connectivity index (χ2n) is 5.67. The van der Waals surface area contributed by atoms with Crippen LogP contribution >= 0.6 is 0 Å². The normalized spacial score (nSPS) is 16.1. The van der Waals surface area contributed by atoms with E-state index in [0.29, 0.717) is 0 Å². The average molecular weight is 269 g/mol. The number of benzene rings is 2. The number of halogens is 1. The molecule has 1 aliphatic rings. The maximum Gasteiger partial charge on any atom is 0.123 e. The molecule has 0 bridgehead atoms. The van der Waals surface area contributed by atoms with Crippen molar-refractivity contribution in [2.45, 2.75) is 38.3 Å². The van der Waals surface area contributed by atoms with E-state index in [1.165, 1.54) is 30.0 Å². The summed E-state index contributed by atoms with van der Waals surface area (Å²) in [4.78, 5) is 0. The van der Waals surface area contributed by atoms with Gasteiger partial charge in [0.05, 0.1) is 0 Å². The van der Waals surface area contributed by atoms with E-state index in [2.05, 4.69) is 36.5 Å². The van der Waals surface area contributed by atoms with E-state index in [1.54, 1.807) is 12.1 Å². The van der Waals surface area contributed by atoms with Gasteiger partial charge in [0.15, 0.2) is 0 Å². The molecule has 0 radical (unpaired) electrons. The first-order valence-electron chi connectivity index (χ1n) is 7.30. The van der Waals surface area contributed by atoms with E-state index >= 15 is 0 Å². The summed E-state index contributed by atoms with van der Waals surface area (Å²) >= 11 is 0. The number of hydrogen-bond donors (Lipinski definition) is 1. The highest BCUT2D eigenvalue weighted by molar-refractivity contribution is 5.28. The van der Waals surface area contributed by atoms with Crippen LogP contribution in [0.1, 0.15) is 48.4 Å². The summed E-state index contributed by atoms with van der Waals surface area (Å²) in [6, 6.07) is 15.8. The Labute approximate surface area is 119 Å². The van der Waals surface area contributed by atoms with Gasteiger partial charge in [0.25, 0.3) is 0 Å². The smallest absolute Gasteiger partial charge is 0.123 e. The third-order valence-corrected chi connectivity index (χ3v) is 3.99. The monoisotopic (exact) mass is 269 g/mol. The van der Waals surface area contributed by atoms with Gasteiger partial charge in [-0.25, -0.2) is 4.39 Å². The number of hydrogen-bond acceptors (Lipinski definition) is 1. The molecule has 0 aromatic heterocycles. The zero-order valence-corrected chi connectivity index (χ0v) is 11.8. The molecule has 1 aliphatic carbocycles. The molecule has 20 heavy (non-hydrogen) atoms. The van der Waals surface area contributed by atoms with Crippen LogP contribution in [-0.2, 0) is 6.54 Å². The Balaban J connectivity index is 1.58. The van der Waals surface area contributed by atoms with Crippen LogP contribution in [0.2, 0.25) is 0 Å². The lowest BCUT2D eigenvalue weighted by molar-refractivity contribution is 0.565. The van der Waals surface area contributed by atoms with Gasteiger partial charge in [0.2, 0.25) is 0 Å². The van der Waals surface area contributed by atoms with Crippen LogP contribution in [0.15, 0.2) is 48.5 Å². The van der Waals surface area contributed by atoms with Gasteiger partial charge in [-0.2, -0.15) is 0 Å². The number of rotatable bonds is 5. The van der Waals surface area contributed by atoms with Gasteiger partial charge in [0, 0.05) is 12.6 Å². The van der Waals surface area contributed by atoms with Gasteiger partial charge in [-0.1, -0.05) is 36.4 Å². The highest BCUT2D eigenvalue weighted by Gasteiger charge is 2.22. The first-order chi connectivity index (χ1) is 9.72. The van der Waals surface area contributed by atoms with Crippen LogP contribution in [0.3, 0.4) is 0 Å². The molecule has 0 saturated heterocycles. The summed E-state index contributed by atoms with van der Waals surface area (Å²) in [5.41, 5.74) is 3.73. The minimum absolute atomic E-state index is 0.147. The summed E-state index contributed by atoms with van der Waals surface area (Å²) in [5.74, 6) is 0.633. The van der Waals surface area contributed by atoms with Crippen molar-refractivity contribution in [3.63, 3.8) is 0 Å². The zero-order chi connectivity index (χ0) is 13.9. The highest BCUT2D eigenvalue weighted by atomic mass is 19.1. The Morgan fingerprint density at radius 2 is 1.90 bits per heavy atom. The highest BCUT2D eigenvalue weighted by Crippen LogP contribution is 2.39.